The summed E-state index contributed by atoms with van der Waals surface area (Å²) in [6.07, 6.45) is 3.39. The van der Waals surface area contributed by atoms with E-state index in [1.54, 1.807) is 6.92 Å². The van der Waals surface area contributed by atoms with Gasteiger partial charge in [-0.3, -0.25) is 19.6 Å². The van der Waals surface area contributed by atoms with Crippen LogP contribution in [0.4, 0.5) is 5.69 Å². The fraction of sp³-hybridized carbons (Fsp3) is 0.692. The molecular formula is C13H22N4O4. The van der Waals surface area contributed by atoms with Gasteiger partial charge in [-0.05, 0) is 12.8 Å². The molecule has 2 N–H and O–H groups in total. The van der Waals surface area contributed by atoms with Crippen molar-refractivity contribution in [2.75, 3.05) is 6.54 Å². The monoisotopic (exact) mass is 298 g/mol. The molecule has 0 bridgehead atoms. The number of carbonyl (C=O) groups excluding carboxylic acids is 1. The Labute approximate surface area is 123 Å². The molecule has 8 heteroatoms. The molecule has 1 heterocycles. The molecule has 0 saturated heterocycles. The first-order valence-electron chi connectivity index (χ1n) is 6.92. The van der Waals surface area contributed by atoms with Crippen LogP contribution in [-0.4, -0.2) is 37.9 Å². The van der Waals surface area contributed by atoms with Gasteiger partial charge in [0.2, 0.25) is 5.91 Å². The Morgan fingerprint density at radius 3 is 2.86 bits per heavy atom. The van der Waals surface area contributed by atoms with Crippen LogP contribution in [0.1, 0.15) is 33.6 Å². The first-order chi connectivity index (χ1) is 9.76. The average Bonchev–Trinajstić information content (AvgIpc) is 2.91. The quantitative estimate of drug-likeness (QED) is 0.551. The minimum Gasteiger partial charge on any atom is -0.388 e. The maximum absolute atomic E-state index is 11.7. The second kappa shape index (κ2) is 7.16. The van der Waals surface area contributed by atoms with Crippen molar-refractivity contribution in [3.05, 3.63) is 22.5 Å². The van der Waals surface area contributed by atoms with Crippen molar-refractivity contribution in [1.82, 2.24) is 15.1 Å². The average molecular weight is 298 g/mol. The van der Waals surface area contributed by atoms with Gasteiger partial charge in [-0.2, -0.15) is 5.10 Å². The molecule has 2 unspecified atom stereocenters. The largest absolute Gasteiger partial charge is 0.388 e. The summed E-state index contributed by atoms with van der Waals surface area (Å²) in [7, 11) is 0. The van der Waals surface area contributed by atoms with Crippen LogP contribution in [0.25, 0.3) is 0 Å². The second-order valence-electron chi connectivity index (χ2n) is 5.41. The van der Waals surface area contributed by atoms with Gasteiger partial charge >= 0.3 is 5.69 Å². The van der Waals surface area contributed by atoms with Crippen molar-refractivity contribution >= 4 is 11.6 Å². The van der Waals surface area contributed by atoms with Crippen LogP contribution in [0.15, 0.2) is 12.4 Å². The summed E-state index contributed by atoms with van der Waals surface area (Å²) in [5, 5.41) is 27.2. The van der Waals surface area contributed by atoms with Crippen molar-refractivity contribution < 1.29 is 14.8 Å². The number of hydrogen-bond acceptors (Lipinski definition) is 5. The third-order valence-corrected chi connectivity index (χ3v) is 3.72. The first kappa shape index (κ1) is 17.1. The standard InChI is InChI=1S/C13H22N4O4/c1-4-10(2)13(3,19)9-14-12(18)5-6-16-8-11(7-15-16)17(20)21/h7-8,10,19H,4-6,9H2,1-3H3,(H,14,18). The number of aliphatic hydroxyl groups is 1. The van der Waals surface area contributed by atoms with Gasteiger partial charge in [0, 0.05) is 19.5 Å². The lowest BCUT2D eigenvalue weighted by Gasteiger charge is -2.29. The third-order valence-electron chi connectivity index (χ3n) is 3.72. The van der Waals surface area contributed by atoms with E-state index in [2.05, 4.69) is 10.4 Å². The van der Waals surface area contributed by atoms with Crippen molar-refractivity contribution in [1.29, 1.82) is 0 Å². The Balaban J connectivity index is 2.39. The molecule has 0 spiro atoms. The summed E-state index contributed by atoms with van der Waals surface area (Å²) in [4.78, 5) is 21.7. The maximum atomic E-state index is 11.7. The van der Waals surface area contributed by atoms with Gasteiger partial charge in [0.25, 0.3) is 0 Å². The van der Waals surface area contributed by atoms with Gasteiger partial charge in [-0.1, -0.05) is 20.3 Å². The van der Waals surface area contributed by atoms with Crippen molar-refractivity contribution in [3.8, 4) is 0 Å². The molecule has 0 saturated carbocycles. The van der Waals surface area contributed by atoms with Crippen LogP contribution in [-0.2, 0) is 11.3 Å². The number of nitrogens with zero attached hydrogens (tertiary/aromatic N) is 3. The lowest BCUT2D eigenvalue weighted by Crippen LogP contribution is -2.45. The molecule has 1 aromatic rings. The van der Waals surface area contributed by atoms with E-state index < -0.39 is 10.5 Å². The molecule has 2 atom stereocenters. The van der Waals surface area contributed by atoms with Gasteiger partial charge in [-0.15, -0.1) is 0 Å². The SMILES string of the molecule is CCC(C)C(C)(O)CNC(=O)CCn1cc([N+](=O)[O-])cn1. The summed E-state index contributed by atoms with van der Waals surface area (Å²) in [6, 6.07) is 0. The molecule has 21 heavy (non-hydrogen) atoms. The van der Waals surface area contributed by atoms with E-state index >= 15 is 0 Å². The highest BCUT2D eigenvalue weighted by atomic mass is 16.6. The minimum absolute atomic E-state index is 0.0755. The van der Waals surface area contributed by atoms with Crippen LogP contribution >= 0.6 is 0 Å². The molecule has 0 aliphatic rings. The zero-order valence-electron chi connectivity index (χ0n) is 12.6. The van der Waals surface area contributed by atoms with Crippen molar-refractivity contribution in [2.45, 2.75) is 45.8 Å². The van der Waals surface area contributed by atoms with E-state index in [9.17, 15) is 20.0 Å². The molecule has 1 aromatic heterocycles. The Morgan fingerprint density at radius 1 is 1.67 bits per heavy atom. The fourth-order valence-corrected chi connectivity index (χ4v) is 1.77. The zero-order chi connectivity index (χ0) is 16.0. The Bertz CT molecular complexity index is 498. The molecule has 1 amide bonds. The highest BCUT2D eigenvalue weighted by molar-refractivity contribution is 5.75. The van der Waals surface area contributed by atoms with E-state index in [0.29, 0.717) is 0 Å². The van der Waals surface area contributed by atoms with E-state index in [4.69, 9.17) is 0 Å². The number of hydrogen-bond donors (Lipinski definition) is 2. The number of carbonyl (C=O) groups is 1. The number of nitrogens with one attached hydrogen (secondary N) is 1. The third kappa shape index (κ3) is 5.14. The van der Waals surface area contributed by atoms with Gasteiger partial charge in [0.1, 0.15) is 12.4 Å². The summed E-state index contributed by atoms with van der Waals surface area (Å²) < 4.78 is 1.35. The number of aromatic nitrogens is 2. The van der Waals surface area contributed by atoms with Crippen LogP contribution in [0, 0.1) is 16.0 Å². The van der Waals surface area contributed by atoms with Crippen LogP contribution in [0.5, 0.6) is 0 Å². The summed E-state index contributed by atoms with van der Waals surface area (Å²) >= 11 is 0. The number of rotatable bonds is 8. The molecular weight excluding hydrogens is 276 g/mol. The van der Waals surface area contributed by atoms with Crippen LogP contribution in [0.2, 0.25) is 0 Å². The Morgan fingerprint density at radius 2 is 2.33 bits per heavy atom. The molecule has 1 rings (SSSR count). The lowest BCUT2D eigenvalue weighted by molar-refractivity contribution is -0.385. The van der Waals surface area contributed by atoms with Crippen molar-refractivity contribution in [3.63, 3.8) is 0 Å². The second-order valence-corrected chi connectivity index (χ2v) is 5.41. The molecule has 0 radical (unpaired) electrons. The topological polar surface area (TPSA) is 110 Å². The first-order valence-corrected chi connectivity index (χ1v) is 6.92. The maximum Gasteiger partial charge on any atom is 0.306 e. The van der Waals surface area contributed by atoms with E-state index in [1.807, 2.05) is 13.8 Å². The Kier molecular flexibility index (Phi) is 5.83. The van der Waals surface area contributed by atoms with Crippen molar-refractivity contribution in [2.24, 2.45) is 5.92 Å². The smallest absolute Gasteiger partial charge is 0.306 e. The molecule has 8 nitrogen and oxygen atoms in total. The molecule has 0 aliphatic heterocycles. The van der Waals surface area contributed by atoms with E-state index in [0.717, 1.165) is 12.6 Å². The Hall–Kier alpha value is -1.96. The molecule has 0 aliphatic carbocycles. The van der Waals surface area contributed by atoms with Gasteiger partial charge < -0.3 is 10.4 Å². The summed E-state index contributed by atoms with van der Waals surface area (Å²) in [6.45, 7) is 6.03. The number of aryl methyl sites for hydroxylation is 1. The zero-order valence-corrected chi connectivity index (χ0v) is 12.6. The lowest BCUT2D eigenvalue weighted by atomic mass is 9.88. The normalized spacial score (nSPS) is 15.2. The van der Waals surface area contributed by atoms with E-state index in [-0.39, 0.29) is 37.0 Å². The highest BCUT2D eigenvalue weighted by Crippen LogP contribution is 2.18. The highest BCUT2D eigenvalue weighted by Gasteiger charge is 2.27. The number of nitro groups is 1. The van der Waals surface area contributed by atoms with Gasteiger partial charge in [0.05, 0.1) is 10.5 Å². The van der Waals surface area contributed by atoms with Gasteiger partial charge in [0.15, 0.2) is 0 Å². The molecule has 0 fully saturated rings. The summed E-state index contributed by atoms with van der Waals surface area (Å²) in [5.41, 5.74) is -1.05. The van der Waals surface area contributed by atoms with Crippen LogP contribution < -0.4 is 5.32 Å². The minimum atomic E-state index is -0.950. The molecule has 0 aromatic carbocycles. The predicted octanol–water partition coefficient (Wildman–Crippen LogP) is 1.09. The number of amides is 1. The fourth-order valence-electron chi connectivity index (χ4n) is 1.77. The summed E-state index contributed by atoms with van der Waals surface area (Å²) in [5.74, 6) is -0.150. The van der Waals surface area contributed by atoms with E-state index in [1.165, 1.54) is 10.9 Å². The van der Waals surface area contributed by atoms with Gasteiger partial charge in [-0.25, -0.2) is 0 Å². The molecule has 118 valence electrons. The van der Waals surface area contributed by atoms with Crippen LogP contribution in [0.3, 0.4) is 0 Å². The predicted molar refractivity (Wildman–Crippen MR) is 76.6 cm³/mol.